The minimum Gasteiger partial charge on any atom is -0.353 e. The molecule has 0 fully saturated rings. The van der Waals surface area contributed by atoms with Gasteiger partial charge in [0.2, 0.25) is 5.95 Å². The van der Waals surface area contributed by atoms with Crippen molar-refractivity contribution in [2.75, 3.05) is 11.9 Å². The number of aryl methyl sites for hydroxylation is 1. The van der Waals surface area contributed by atoms with Gasteiger partial charge in [-0.3, -0.25) is 0 Å². The highest BCUT2D eigenvalue weighted by Crippen LogP contribution is 2.04. The molecular weight excluding hydrogens is 209 g/mol. The second-order valence-electron chi connectivity index (χ2n) is 3.43. The van der Waals surface area contributed by atoms with Gasteiger partial charge in [-0.15, -0.1) is 0 Å². The summed E-state index contributed by atoms with van der Waals surface area (Å²) in [6.45, 7) is 0.664. The second-order valence-corrected chi connectivity index (χ2v) is 3.43. The van der Waals surface area contributed by atoms with Crippen molar-refractivity contribution in [3.8, 4) is 0 Å². The maximum Gasteiger partial charge on any atom is 0.242 e. The number of nitrogens with zero attached hydrogens (tertiary/aromatic N) is 4. The predicted molar refractivity (Wildman–Crippen MR) is 57.4 cm³/mol. The van der Waals surface area contributed by atoms with E-state index in [9.17, 15) is 4.39 Å². The van der Waals surface area contributed by atoms with Crippen LogP contribution in [0.5, 0.6) is 0 Å². The number of hydrogen-bond acceptors (Lipinski definition) is 4. The molecule has 0 spiro atoms. The maximum absolute atomic E-state index is 12.9. The summed E-state index contributed by atoms with van der Waals surface area (Å²) in [6.07, 6.45) is 0.727. The summed E-state index contributed by atoms with van der Waals surface area (Å²) in [5, 5.41) is 14.0. The highest BCUT2D eigenvalue weighted by molar-refractivity contribution is 5.23. The van der Waals surface area contributed by atoms with Crippen LogP contribution in [0.4, 0.5) is 10.3 Å². The fraction of sp³-hybridized carbons (Fsp3) is 0.300. The fourth-order valence-electron chi connectivity index (χ4n) is 1.39. The van der Waals surface area contributed by atoms with Gasteiger partial charge in [-0.25, -0.2) is 9.07 Å². The molecule has 0 unspecified atom stereocenters. The zero-order valence-corrected chi connectivity index (χ0v) is 8.89. The molecule has 0 bridgehead atoms. The molecule has 16 heavy (non-hydrogen) atoms. The van der Waals surface area contributed by atoms with Gasteiger partial charge in [-0.2, -0.15) is 0 Å². The Morgan fingerprint density at radius 3 is 3.00 bits per heavy atom. The van der Waals surface area contributed by atoms with Crippen LogP contribution in [0.15, 0.2) is 24.3 Å². The quantitative estimate of drug-likeness (QED) is 0.837. The smallest absolute Gasteiger partial charge is 0.242 e. The van der Waals surface area contributed by atoms with Gasteiger partial charge in [0.1, 0.15) is 5.82 Å². The molecule has 1 heterocycles. The molecule has 84 valence electrons. The Kier molecular flexibility index (Phi) is 3.09. The van der Waals surface area contributed by atoms with E-state index in [0.717, 1.165) is 12.0 Å². The molecular formula is C10H12FN5. The molecule has 0 amide bonds. The lowest BCUT2D eigenvalue weighted by Crippen LogP contribution is -2.09. The average molecular weight is 221 g/mol. The van der Waals surface area contributed by atoms with Crippen molar-refractivity contribution in [3.05, 3.63) is 35.6 Å². The summed E-state index contributed by atoms with van der Waals surface area (Å²) in [5.41, 5.74) is 0.947. The first-order valence-electron chi connectivity index (χ1n) is 4.96. The highest BCUT2D eigenvalue weighted by Gasteiger charge is 2.00. The van der Waals surface area contributed by atoms with Crippen LogP contribution >= 0.6 is 0 Å². The Bertz CT molecular complexity index is 468. The summed E-state index contributed by atoms with van der Waals surface area (Å²) in [5.74, 6) is 0.397. The predicted octanol–water partition coefficient (Wildman–Crippen LogP) is 1.00. The lowest BCUT2D eigenvalue weighted by molar-refractivity contribution is 0.625. The number of hydrogen-bond donors (Lipinski definition) is 1. The molecule has 6 heteroatoms. The van der Waals surface area contributed by atoms with Gasteiger partial charge in [0.25, 0.3) is 0 Å². The summed E-state index contributed by atoms with van der Waals surface area (Å²) in [6, 6.07) is 6.55. The number of halogens is 1. The first kappa shape index (κ1) is 10.5. The fourth-order valence-corrected chi connectivity index (χ4v) is 1.39. The summed E-state index contributed by atoms with van der Waals surface area (Å²) in [7, 11) is 1.75. The minimum absolute atomic E-state index is 0.210. The van der Waals surface area contributed by atoms with Gasteiger partial charge in [0.15, 0.2) is 0 Å². The lowest BCUT2D eigenvalue weighted by atomic mass is 10.1. The van der Waals surface area contributed by atoms with Gasteiger partial charge in [-0.1, -0.05) is 17.2 Å². The van der Waals surface area contributed by atoms with Gasteiger partial charge in [-0.05, 0) is 34.5 Å². The molecule has 2 rings (SSSR count). The number of rotatable bonds is 4. The Hall–Kier alpha value is -1.98. The first-order valence-corrected chi connectivity index (χ1v) is 4.96. The van der Waals surface area contributed by atoms with Crippen molar-refractivity contribution in [2.24, 2.45) is 7.05 Å². The topological polar surface area (TPSA) is 55.6 Å². The summed E-state index contributed by atoms with van der Waals surface area (Å²) < 4.78 is 14.4. The number of aromatic nitrogens is 4. The van der Waals surface area contributed by atoms with Crippen LogP contribution in [0.1, 0.15) is 5.56 Å². The van der Waals surface area contributed by atoms with Crippen molar-refractivity contribution in [2.45, 2.75) is 6.42 Å². The standard InChI is InChI=1S/C10H12FN5/c1-16-10(13-14-15-16)12-6-5-8-3-2-4-9(11)7-8/h2-4,7H,5-6H2,1H3,(H,12,13,15). The van der Waals surface area contributed by atoms with E-state index in [1.54, 1.807) is 17.8 Å². The van der Waals surface area contributed by atoms with Crippen LogP contribution in [0.25, 0.3) is 0 Å². The van der Waals surface area contributed by atoms with E-state index in [2.05, 4.69) is 20.8 Å². The van der Waals surface area contributed by atoms with E-state index >= 15 is 0 Å². The Morgan fingerprint density at radius 2 is 2.31 bits per heavy atom. The van der Waals surface area contributed by atoms with E-state index in [1.807, 2.05) is 6.07 Å². The monoisotopic (exact) mass is 221 g/mol. The molecule has 1 N–H and O–H groups in total. The molecule has 5 nitrogen and oxygen atoms in total. The first-order chi connectivity index (χ1) is 7.75. The molecule has 0 saturated carbocycles. The maximum atomic E-state index is 12.9. The van der Waals surface area contributed by atoms with Crippen LogP contribution in [-0.2, 0) is 13.5 Å². The second kappa shape index (κ2) is 4.69. The minimum atomic E-state index is -0.210. The van der Waals surface area contributed by atoms with Crippen molar-refractivity contribution in [1.29, 1.82) is 0 Å². The Labute approximate surface area is 92.3 Å². The van der Waals surface area contributed by atoms with Crippen molar-refractivity contribution in [1.82, 2.24) is 20.2 Å². The summed E-state index contributed by atoms with van der Waals surface area (Å²) in [4.78, 5) is 0. The van der Waals surface area contributed by atoms with Crippen LogP contribution < -0.4 is 5.32 Å². The SMILES string of the molecule is Cn1nnnc1NCCc1cccc(F)c1. The van der Waals surface area contributed by atoms with E-state index in [4.69, 9.17) is 0 Å². The van der Waals surface area contributed by atoms with Crippen molar-refractivity contribution >= 4 is 5.95 Å². The van der Waals surface area contributed by atoms with Crippen molar-refractivity contribution < 1.29 is 4.39 Å². The van der Waals surface area contributed by atoms with E-state index in [0.29, 0.717) is 12.5 Å². The van der Waals surface area contributed by atoms with Gasteiger partial charge >= 0.3 is 0 Å². The molecule has 1 aromatic heterocycles. The normalized spacial score (nSPS) is 10.4. The number of nitrogens with one attached hydrogen (secondary N) is 1. The third kappa shape index (κ3) is 2.53. The van der Waals surface area contributed by atoms with Crippen LogP contribution in [-0.4, -0.2) is 26.8 Å². The average Bonchev–Trinajstić information content (AvgIpc) is 2.65. The molecule has 0 radical (unpaired) electrons. The van der Waals surface area contributed by atoms with Crippen LogP contribution in [0.3, 0.4) is 0 Å². The van der Waals surface area contributed by atoms with E-state index in [-0.39, 0.29) is 5.82 Å². The number of benzene rings is 1. The third-order valence-electron chi connectivity index (χ3n) is 2.21. The molecule has 0 aliphatic heterocycles. The van der Waals surface area contributed by atoms with Gasteiger partial charge in [0, 0.05) is 13.6 Å². The largest absolute Gasteiger partial charge is 0.353 e. The van der Waals surface area contributed by atoms with Gasteiger partial charge < -0.3 is 5.32 Å². The third-order valence-corrected chi connectivity index (χ3v) is 2.21. The number of anilines is 1. The molecule has 0 atom stereocenters. The van der Waals surface area contributed by atoms with E-state index < -0.39 is 0 Å². The molecule has 0 saturated heterocycles. The van der Waals surface area contributed by atoms with E-state index in [1.165, 1.54) is 12.1 Å². The zero-order chi connectivity index (χ0) is 11.4. The Balaban J connectivity index is 1.87. The van der Waals surface area contributed by atoms with Crippen LogP contribution in [0, 0.1) is 5.82 Å². The number of tetrazole rings is 1. The lowest BCUT2D eigenvalue weighted by Gasteiger charge is -2.04. The molecule has 0 aliphatic carbocycles. The Morgan fingerprint density at radius 1 is 1.44 bits per heavy atom. The van der Waals surface area contributed by atoms with Crippen molar-refractivity contribution in [3.63, 3.8) is 0 Å². The molecule has 0 aliphatic rings. The van der Waals surface area contributed by atoms with Gasteiger partial charge in [0.05, 0.1) is 0 Å². The molecule has 2 aromatic rings. The summed E-state index contributed by atoms with van der Waals surface area (Å²) >= 11 is 0. The highest BCUT2D eigenvalue weighted by atomic mass is 19.1. The zero-order valence-electron chi connectivity index (χ0n) is 8.89. The molecule has 1 aromatic carbocycles. The van der Waals surface area contributed by atoms with Crippen LogP contribution in [0.2, 0.25) is 0 Å².